The van der Waals surface area contributed by atoms with Gasteiger partial charge in [-0.05, 0) is 39.8 Å². The third kappa shape index (κ3) is 3.65. The molecule has 0 atom stereocenters. The molecule has 0 unspecified atom stereocenters. The molecular weight excluding hydrogens is 348 g/mol. The fourth-order valence-electron chi connectivity index (χ4n) is 2.58. The highest BCUT2D eigenvalue weighted by Crippen LogP contribution is 2.24. The number of nitrogens with zero attached hydrogens (tertiary/aromatic N) is 5. The Hall–Kier alpha value is -2.61. The molecule has 2 heterocycles. The number of anilines is 1. The zero-order valence-electron chi connectivity index (χ0n) is 15.6. The number of rotatable bonds is 5. The molecule has 0 aliphatic carbocycles. The van der Waals surface area contributed by atoms with Crippen molar-refractivity contribution in [3.63, 3.8) is 0 Å². The van der Waals surface area contributed by atoms with Gasteiger partial charge in [-0.25, -0.2) is 4.68 Å². The first-order valence-electron chi connectivity index (χ1n) is 8.28. The molecule has 0 aliphatic rings. The van der Waals surface area contributed by atoms with Gasteiger partial charge in [0, 0.05) is 7.05 Å². The fraction of sp³-hybridized carbons (Fsp3) is 0.333. The van der Waals surface area contributed by atoms with Crippen molar-refractivity contribution in [3.05, 3.63) is 47.0 Å². The average molecular weight is 370 g/mol. The van der Waals surface area contributed by atoms with Gasteiger partial charge in [-0.2, -0.15) is 5.10 Å². The van der Waals surface area contributed by atoms with Crippen LogP contribution in [-0.4, -0.2) is 36.2 Å². The molecule has 0 spiro atoms. The predicted octanol–water partition coefficient (Wildman–Crippen LogP) is 2.97. The molecule has 0 radical (unpaired) electrons. The smallest absolute Gasteiger partial charge is 0.234 e. The molecule has 0 saturated carbocycles. The van der Waals surface area contributed by atoms with Gasteiger partial charge in [0.1, 0.15) is 5.82 Å². The molecule has 3 rings (SSSR count). The number of hydrogen-bond acceptors (Lipinski definition) is 5. The number of amides is 1. The van der Waals surface area contributed by atoms with Crippen LogP contribution in [0.5, 0.6) is 0 Å². The van der Waals surface area contributed by atoms with Gasteiger partial charge in [-0.1, -0.05) is 29.5 Å². The number of thioether (sulfide) groups is 1. The van der Waals surface area contributed by atoms with E-state index in [1.807, 2.05) is 68.3 Å². The maximum absolute atomic E-state index is 12.4. The molecule has 8 heteroatoms. The van der Waals surface area contributed by atoms with Crippen LogP contribution in [-0.2, 0) is 11.8 Å². The van der Waals surface area contributed by atoms with E-state index in [-0.39, 0.29) is 11.7 Å². The van der Waals surface area contributed by atoms with E-state index >= 15 is 0 Å². The van der Waals surface area contributed by atoms with Crippen molar-refractivity contribution in [2.24, 2.45) is 7.05 Å². The van der Waals surface area contributed by atoms with Crippen LogP contribution in [0.3, 0.4) is 0 Å². The minimum absolute atomic E-state index is 0.0923. The molecule has 1 N–H and O–H groups in total. The molecular formula is C18H22N6OS. The van der Waals surface area contributed by atoms with E-state index in [2.05, 4.69) is 20.6 Å². The third-order valence-corrected chi connectivity index (χ3v) is 5.24. The zero-order chi connectivity index (χ0) is 18.8. The van der Waals surface area contributed by atoms with Gasteiger partial charge in [-0.3, -0.25) is 4.79 Å². The topological polar surface area (TPSA) is 77.6 Å². The standard InChI is InChI=1S/C18H22N6OS/c1-11-6-8-15(9-7-11)24-13(3)17(12(2)22-24)19-16(25)10-26-18-21-20-14(4)23(18)5/h6-9H,10H2,1-5H3,(H,19,25). The molecule has 1 amide bonds. The predicted molar refractivity (Wildman–Crippen MR) is 103 cm³/mol. The molecule has 2 aromatic heterocycles. The Balaban J connectivity index is 1.72. The van der Waals surface area contributed by atoms with Gasteiger partial charge in [0.2, 0.25) is 5.91 Å². The van der Waals surface area contributed by atoms with Crippen LogP contribution in [0.4, 0.5) is 5.69 Å². The Labute approximate surface area is 156 Å². The van der Waals surface area contributed by atoms with Crippen LogP contribution >= 0.6 is 11.8 Å². The monoisotopic (exact) mass is 370 g/mol. The maximum atomic E-state index is 12.4. The third-order valence-electron chi connectivity index (χ3n) is 4.22. The highest BCUT2D eigenvalue weighted by molar-refractivity contribution is 7.99. The second-order valence-electron chi connectivity index (χ2n) is 6.22. The van der Waals surface area contributed by atoms with Gasteiger partial charge >= 0.3 is 0 Å². The lowest BCUT2D eigenvalue weighted by molar-refractivity contribution is -0.113. The minimum Gasteiger partial charge on any atom is -0.322 e. The fourth-order valence-corrected chi connectivity index (χ4v) is 3.34. The van der Waals surface area contributed by atoms with Crippen molar-refractivity contribution in [1.82, 2.24) is 24.5 Å². The molecule has 0 saturated heterocycles. The van der Waals surface area contributed by atoms with E-state index in [9.17, 15) is 4.79 Å². The lowest BCUT2D eigenvalue weighted by Crippen LogP contribution is -2.15. The van der Waals surface area contributed by atoms with Gasteiger partial charge in [0.25, 0.3) is 0 Å². The Bertz CT molecular complexity index is 941. The highest BCUT2D eigenvalue weighted by Gasteiger charge is 2.16. The number of carbonyl (C=O) groups excluding carboxylic acids is 1. The second kappa shape index (κ2) is 7.33. The number of hydrogen-bond donors (Lipinski definition) is 1. The average Bonchev–Trinajstić information content (AvgIpc) is 3.08. The van der Waals surface area contributed by atoms with Crippen molar-refractivity contribution < 1.29 is 4.79 Å². The Morgan fingerprint density at radius 3 is 2.42 bits per heavy atom. The largest absolute Gasteiger partial charge is 0.322 e. The van der Waals surface area contributed by atoms with Crippen molar-refractivity contribution in [2.45, 2.75) is 32.9 Å². The van der Waals surface area contributed by atoms with E-state index in [0.717, 1.165) is 33.7 Å². The van der Waals surface area contributed by atoms with Crippen LogP contribution in [0.2, 0.25) is 0 Å². The Morgan fingerprint density at radius 1 is 1.12 bits per heavy atom. The van der Waals surface area contributed by atoms with E-state index < -0.39 is 0 Å². The summed E-state index contributed by atoms with van der Waals surface area (Å²) in [5.74, 6) is 0.991. The first-order chi connectivity index (χ1) is 12.4. The molecule has 136 valence electrons. The Morgan fingerprint density at radius 2 is 1.81 bits per heavy atom. The van der Waals surface area contributed by atoms with Gasteiger partial charge in [-0.15, -0.1) is 10.2 Å². The summed E-state index contributed by atoms with van der Waals surface area (Å²) in [6.45, 7) is 7.78. The number of nitrogens with one attached hydrogen (secondary N) is 1. The van der Waals surface area contributed by atoms with Crippen molar-refractivity contribution in [2.75, 3.05) is 11.1 Å². The maximum Gasteiger partial charge on any atom is 0.234 e. The van der Waals surface area contributed by atoms with Crippen LogP contribution < -0.4 is 5.32 Å². The SMILES string of the molecule is Cc1ccc(-n2nc(C)c(NC(=O)CSc3nnc(C)n3C)c2C)cc1. The molecule has 0 fully saturated rings. The van der Waals surface area contributed by atoms with Crippen LogP contribution in [0.1, 0.15) is 22.8 Å². The second-order valence-corrected chi connectivity index (χ2v) is 7.16. The summed E-state index contributed by atoms with van der Waals surface area (Å²) in [6, 6.07) is 8.13. The van der Waals surface area contributed by atoms with Gasteiger partial charge in [0.15, 0.2) is 5.16 Å². The molecule has 26 heavy (non-hydrogen) atoms. The molecule has 1 aromatic carbocycles. The first-order valence-corrected chi connectivity index (χ1v) is 9.27. The van der Waals surface area contributed by atoms with E-state index in [1.165, 1.54) is 17.3 Å². The van der Waals surface area contributed by atoms with Gasteiger partial charge in [0.05, 0.1) is 28.5 Å². The normalized spacial score (nSPS) is 11.0. The number of aryl methyl sites for hydroxylation is 3. The van der Waals surface area contributed by atoms with Crippen LogP contribution in [0, 0.1) is 27.7 Å². The van der Waals surface area contributed by atoms with E-state index in [1.54, 1.807) is 0 Å². The number of benzene rings is 1. The lowest BCUT2D eigenvalue weighted by Gasteiger charge is -2.07. The summed E-state index contributed by atoms with van der Waals surface area (Å²) < 4.78 is 3.72. The van der Waals surface area contributed by atoms with E-state index in [4.69, 9.17) is 0 Å². The number of aromatic nitrogens is 5. The molecule has 7 nitrogen and oxygen atoms in total. The molecule has 3 aromatic rings. The quantitative estimate of drug-likeness (QED) is 0.699. The summed E-state index contributed by atoms with van der Waals surface area (Å²) in [7, 11) is 1.88. The summed E-state index contributed by atoms with van der Waals surface area (Å²) in [4.78, 5) is 12.4. The first kappa shape index (κ1) is 18.2. The molecule has 0 bridgehead atoms. The summed E-state index contributed by atoms with van der Waals surface area (Å²) >= 11 is 1.36. The van der Waals surface area contributed by atoms with Crippen molar-refractivity contribution in [1.29, 1.82) is 0 Å². The van der Waals surface area contributed by atoms with Crippen molar-refractivity contribution in [3.8, 4) is 5.69 Å². The molecule has 0 aliphatic heterocycles. The number of carbonyl (C=O) groups is 1. The summed E-state index contributed by atoms with van der Waals surface area (Å²) in [5, 5.41) is 16.3. The van der Waals surface area contributed by atoms with Gasteiger partial charge < -0.3 is 9.88 Å². The summed E-state index contributed by atoms with van der Waals surface area (Å²) in [6.07, 6.45) is 0. The van der Waals surface area contributed by atoms with Crippen LogP contribution in [0.15, 0.2) is 29.4 Å². The van der Waals surface area contributed by atoms with Crippen molar-refractivity contribution >= 4 is 23.4 Å². The van der Waals surface area contributed by atoms with E-state index in [0.29, 0.717) is 0 Å². The minimum atomic E-state index is -0.0923. The highest BCUT2D eigenvalue weighted by atomic mass is 32.2. The zero-order valence-corrected chi connectivity index (χ0v) is 16.4. The Kier molecular flexibility index (Phi) is 5.13. The summed E-state index contributed by atoms with van der Waals surface area (Å²) in [5.41, 5.74) is 4.61. The lowest BCUT2D eigenvalue weighted by atomic mass is 10.2. The van der Waals surface area contributed by atoms with Crippen LogP contribution in [0.25, 0.3) is 5.69 Å².